The average Bonchev–Trinajstić information content (AvgIpc) is 2.20. The first-order chi connectivity index (χ1) is 8.31. The summed E-state index contributed by atoms with van der Waals surface area (Å²) in [6.07, 6.45) is -0.826. The molecule has 0 amide bonds. The highest BCUT2D eigenvalue weighted by Crippen LogP contribution is 2.33. The third kappa shape index (κ3) is 3.44. The van der Waals surface area contributed by atoms with Crippen LogP contribution in [0.5, 0.6) is 5.75 Å². The highest BCUT2D eigenvalue weighted by Gasteiger charge is 2.21. The van der Waals surface area contributed by atoms with E-state index in [0.29, 0.717) is 5.56 Å². The Morgan fingerprint density at radius 1 is 1.50 bits per heavy atom. The van der Waals surface area contributed by atoms with Gasteiger partial charge in [0.15, 0.2) is 5.75 Å². The van der Waals surface area contributed by atoms with E-state index in [4.69, 9.17) is 9.84 Å². The van der Waals surface area contributed by atoms with Crippen LogP contribution in [0.4, 0.5) is 5.69 Å². The van der Waals surface area contributed by atoms with Crippen LogP contribution in [0.15, 0.2) is 12.1 Å². The highest BCUT2D eigenvalue weighted by atomic mass is 16.6. The van der Waals surface area contributed by atoms with E-state index in [1.807, 2.05) is 0 Å². The molecule has 1 aromatic rings. The molecular weight excluding hydrogens is 238 g/mol. The summed E-state index contributed by atoms with van der Waals surface area (Å²) in [4.78, 5) is 21.0. The molecule has 0 bridgehead atoms. The average molecular weight is 253 g/mol. The van der Waals surface area contributed by atoms with Crippen LogP contribution >= 0.6 is 0 Å². The molecule has 0 aromatic heterocycles. The first-order valence-electron chi connectivity index (χ1n) is 5.45. The van der Waals surface area contributed by atoms with E-state index in [1.165, 1.54) is 6.07 Å². The molecule has 0 radical (unpaired) electrons. The van der Waals surface area contributed by atoms with Gasteiger partial charge in [-0.1, -0.05) is 6.07 Å². The number of nitro benzene ring substituents is 1. The lowest BCUT2D eigenvalue weighted by atomic mass is 10.1. The Morgan fingerprint density at radius 2 is 2.11 bits per heavy atom. The number of aryl methyl sites for hydroxylation is 2. The van der Waals surface area contributed by atoms with Crippen molar-refractivity contribution in [1.29, 1.82) is 0 Å². The summed E-state index contributed by atoms with van der Waals surface area (Å²) in [6, 6.07) is 3.17. The molecule has 6 heteroatoms. The molecular formula is C12H15NO5. The summed E-state index contributed by atoms with van der Waals surface area (Å²) >= 11 is 0. The van der Waals surface area contributed by atoms with E-state index in [2.05, 4.69) is 0 Å². The van der Waals surface area contributed by atoms with Gasteiger partial charge in [-0.3, -0.25) is 14.9 Å². The van der Waals surface area contributed by atoms with Crippen molar-refractivity contribution in [3.63, 3.8) is 0 Å². The minimum absolute atomic E-state index is 0.135. The minimum Gasteiger partial charge on any atom is -0.483 e. The summed E-state index contributed by atoms with van der Waals surface area (Å²) in [7, 11) is 0. The van der Waals surface area contributed by atoms with Crippen molar-refractivity contribution in [2.75, 3.05) is 0 Å². The summed E-state index contributed by atoms with van der Waals surface area (Å²) in [6.45, 7) is 5.02. The lowest BCUT2D eigenvalue weighted by Crippen LogP contribution is -2.17. The zero-order valence-corrected chi connectivity index (χ0v) is 10.5. The third-order valence-electron chi connectivity index (χ3n) is 2.38. The van der Waals surface area contributed by atoms with Gasteiger partial charge in [0.25, 0.3) is 0 Å². The van der Waals surface area contributed by atoms with Crippen LogP contribution in [-0.2, 0) is 4.79 Å². The number of carboxylic acid groups (broad SMARTS) is 1. The molecule has 0 aliphatic heterocycles. The molecule has 1 rings (SSSR count). The molecule has 1 aromatic carbocycles. The molecule has 0 aliphatic rings. The first-order valence-corrected chi connectivity index (χ1v) is 5.45. The van der Waals surface area contributed by atoms with Crippen molar-refractivity contribution in [2.45, 2.75) is 33.3 Å². The quantitative estimate of drug-likeness (QED) is 0.643. The Hall–Kier alpha value is -2.11. The van der Waals surface area contributed by atoms with E-state index >= 15 is 0 Å². The number of aliphatic carboxylic acids is 1. The molecule has 18 heavy (non-hydrogen) atoms. The van der Waals surface area contributed by atoms with Gasteiger partial charge < -0.3 is 9.84 Å². The van der Waals surface area contributed by atoms with Gasteiger partial charge in [-0.2, -0.15) is 0 Å². The second-order valence-corrected chi connectivity index (χ2v) is 4.21. The molecule has 98 valence electrons. The molecule has 0 spiro atoms. The van der Waals surface area contributed by atoms with Crippen molar-refractivity contribution in [1.82, 2.24) is 0 Å². The Kier molecular flexibility index (Phi) is 4.25. The van der Waals surface area contributed by atoms with Crippen LogP contribution in [0.25, 0.3) is 0 Å². The van der Waals surface area contributed by atoms with Crippen LogP contribution in [0.3, 0.4) is 0 Å². The normalized spacial score (nSPS) is 11.9. The number of rotatable bonds is 5. The number of nitro groups is 1. The SMILES string of the molecule is Cc1cc(C)c(O[C@H](C)CC(=O)O)c([N+](=O)[O-])c1. The van der Waals surface area contributed by atoms with E-state index < -0.39 is 17.0 Å². The summed E-state index contributed by atoms with van der Waals surface area (Å²) in [5, 5.41) is 19.6. The zero-order chi connectivity index (χ0) is 13.9. The Bertz CT molecular complexity index is 484. The number of ether oxygens (including phenoxy) is 1. The van der Waals surface area contributed by atoms with Gasteiger partial charge in [0.05, 0.1) is 11.3 Å². The fraction of sp³-hybridized carbons (Fsp3) is 0.417. The van der Waals surface area contributed by atoms with Crippen molar-refractivity contribution in [3.05, 3.63) is 33.4 Å². The minimum atomic E-state index is -1.00. The summed E-state index contributed by atoms with van der Waals surface area (Å²) in [5.41, 5.74) is 1.25. The van der Waals surface area contributed by atoms with Crippen LogP contribution < -0.4 is 4.74 Å². The first kappa shape index (κ1) is 14.0. The number of benzene rings is 1. The summed E-state index contributed by atoms with van der Waals surface area (Å²) in [5.74, 6) is -0.866. The molecule has 1 atom stereocenters. The molecule has 0 saturated heterocycles. The molecule has 0 aliphatic carbocycles. The highest BCUT2D eigenvalue weighted by molar-refractivity contribution is 5.67. The fourth-order valence-corrected chi connectivity index (χ4v) is 1.71. The fourth-order valence-electron chi connectivity index (χ4n) is 1.71. The summed E-state index contributed by atoms with van der Waals surface area (Å²) < 4.78 is 5.38. The van der Waals surface area contributed by atoms with Crippen LogP contribution in [-0.4, -0.2) is 22.1 Å². The third-order valence-corrected chi connectivity index (χ3v) is 2.38. The van der Waals surface area contributed by atoms with Gasteiger partial charge in [-0.15, -0.1) is 0 Å². The maximum absolute atomic E-state index is 10.9. The molecule has 0 saturated carbocycles. The van der Waals surface area contributed by atoms with Crippen LogP contribution in [0, 0.1) is 24.0 Å². The van der Waals surface area contributed by atoms with E-state index in [0.717, 1.165) is 5.56 Å². The van der Waals surface area contributed by atoms with Gasteiger partial charge in [-0.25, -0.2) is 0 Å². The smallest absolute Gasteiger partial charge is 0.311 e. The molecule has 0 fully saturated rings. The maximum Gasteiger partial charge on any atom is 0.311 e. The van der Waals surface area contributed by atoms with E-state index in [9.17, 15) is 14.9 Å². The molecule has 0 unspecified atom stereocenters. The Morgan fingerprint density at radius 3 is 2.61 bits per heavy atom. The van der Waals surface area contributed by atoms with Gasteiger partial charge in [-0.05, 0) is 31.9 Å². The Balaban J connectivity index is 3.07. The number of carboxylic acids is 1. The second-order valence-electron chi connectivity index (χ2n) is 4.21. The lowest BCUT2D eigenvalue weighted by molar-refractivity contribution is -0.386. The van der Waals surface area contributed by atoms with Gasteiger partial charge in [0, 0.05) is 6.07 Å². The molecule has 0 heterocycles. The van der Waals surface area contributed by atoms with Crippen LogP contribution in [0.2, 0.25) is 0 Å². The lowest BCUT2D eigenvalue weighted by Gasteiger charge is -2.15. The number of nitrogens with zero attached hydrogens (tertiary/aromatic N) is 1. The number of hydrogen-bond acceptors (Lipinski definition) is 4. The molecule has 6 nitrogen and oxygen atoms in total. The number of hydrogen-bond donors (Lipinski definition) is 1. The van der Waals surface area contributed by atoms with Crippen molar-refractivity contribution in [2.24, 2.45) is 0 Å². The largest absolute Gasteiger partial charge is 0.483 e. The van der Waals surface area contributed by atoms with Gasteiger partial charge >= 0.3 is 11.7 Å². The predicted octanol–water partition coefficient (Wildman–Crippen LogP) is 2.45. The van der Waals surface area contributed by atoms with Crippen LogP contribution in [0.1, 0.15) is 24.5 Å². The topological polar surface area (TPSA) is 89.7 Å². The monoisotopic (exact) mass is 253 g/mol. The van der Waals surface area contributed by atoms with Crippen molar-refractivity contribution in [3.8, 4) is 5.75 Å². The molecule has 1 N–H and O–H groups in total. The van der Waals surface area contributed by atoms with Gasteiger partial charge in [0.1, 0.15) is 6.10 Å². The number of carbonyl (C=O) groups is 1. The van der Waals surface area contributed by atoms with Gasteiger partial charge in [0.2, 0.25) is 0 Å². The second kappa shape index (κ2) is 5.48. The Labute approximate surface area is 104 Å². The predicted molar refractivity (Wildman–Crippen MR) is 64.9 cm³/mol. The van der Waals surface area contributed by atoms with Crippen molar-refractivity contribution < 1.29 is 19.6 Å². The maximum atomic E-state index is 10.9. The standard InChI is InChI=1S/C12H15NO5/c1-7-4-8(2)12(10(5-7)13(16)17)18-9(3)6-11(14)15/h4-5,9H,6H2,1-3H3,(H,14,15)/t9-/m1/s1. The van der Waals surface area contributed by atoms with E-state index in [1.54, 1.807) is 26.8 Å². The van der Waals surface area contributed by atoms with E-state index in [-0.39, 0.29) is 17.9 Å². The van der Waals surface area contributed by atoms with Crippen molar-refractivity contribution >= 4 is 11.7 Å². The zero-order valence-electron chi connectivity index (χ0n) is 10.5.